The van der Waals surface area contributed by atoms with E-state index in [1.54, 1.807) is 19.3 Å². The first-order valence-corrected chi connectivity index (χ1v) is 6.13. The molecular formula is C17H16O2. The van der Waals surface area contributed by atoms with Gasteiger partial charge in [-0.25, -0.2) is 0 Å². The first-order chi connectivity index (χ1) is 9.20. The molecule has 0 radical (unpaired) electrons. The lowest BCUT2D eigenvalue weighted by Crippen LogP contribution is -1.94. The molecule has 0 aromatic heterocycles. The molecule has 0 aliphatic heterocycles. The minimum Gasteiger partial charge on any atom is -0.496 e. The molecule has 0 fully saturated rings. The maximum Gasteiger partial charge on any atom is 0.185 e. The van der Waals surface area contributed by atoms with E-state index in [9.17, 15) is 4.79 Å². The van der Waals surface area contributed by atoms with E-state index in [1.807, 2.05) is 55.5 Å². The summed E-state index contributed by atoms with van der Waals surface area (Å²) in [5.41, 5.74) is 2.73. The Morgan fingerprint density at radius 1 is 1.05 bits per heavy atom. The predicted octanol–water partition coefficient (Wildman–Crippen LogP) is 3.90. The van der Waals surface area contributed by atoms with Crippen molar-refractivity contribution in [3.05, 3.63) is 71.3 Å². The highest BCUT2D eigenvalue weighted by Crippen LogP contribution is 2.19. The maximum atomic E-state index is 12.0. The molecule has 0 atom stereocenters. The quantitative estimate of drug-likeness (QED) is 0.609. The standard InChI is InChI=1S/C17H16O2/c1-13-7-9-14(10-8-13)16(18)12-11-15-5-3-4-6-17(15)19-2/h3-12H,1-2H3/b12-11+. The van der Waals surface area contributed by atoms with E-state index in [0.717, 1.165) is 16.9 Å². The van der Waals surface area contributed by atoms with Crippen LogP contribution in [0.5, 0.6) is 5.75 Å². The van der Waals surface area contributed by atoms with Crippen molar-refractivity contribution in [1.29, 1.82) is 0 Å². The van der Waals surface area contributed by atoms with Crippen LogP contribution in [0, 0.1) is 6.92 Å². The van der Waals surface area contributed by atoms with E-state index in [4.69, 9.17) is 4.74 Å². The average molecular weight is 252 g/mol. The fraction of sp³-hybridized carbons (Fsp3) is 0.118. The highest BCUT2D eigenvalue weighted by atomic mass is 16.5. The van der Waals surface area contributed by atoms with Crippen molar-refractivity contribution in [2.45, 2.75) is 6.92 Å². The van der Waals surface area contributed by atoms with Gasteiger partial charge in [-0.3, -0.25) is 4.79 Å². The number of methoxy groups -OCH3 is 1. The van der Waals surface area contributed by atoms with Gasteiger partial charge < -0.3 is 4.74 Å². The third kappa shape index (κ3) is 3.32. The van der Waals surface area contributed by atoms with E-state index in [2.05, 4.69) is 0 Å². The van der Waals surface area contributed by atoms with Crippen LogP contribution in [0.15, 0.2) is 54.6 Å². The largest absolute Gasteiger partial charge is 0.496 e. The van der Waals surface area contributed by atoms with Crippen LogP contribution in [0.3, 0.4) is 0 Å². The molecular weight excluding hydrogens is 236 g/mol. The van der Waals surface area contributed by atoms with Gasteiger partial charge in [-0.05, 0) is 25.1 Å². The molecule has 0 saturated heterocycles. The highest BCUT2D eigenvalue weighted by Gasteiger charge is 2.02. The molecule has 0 spiro atoms. The van der Waals surface area contributed by atoms with Gasteiger partial charge in [0, 0.05) is 11.1 Å². The first kappa shape index (κ1) is 13.1. The molecule has 2 aromatic carbocycles. The van der Waals surface area contributed by atoms with Gasteiger partial charge >= 0.3 is 0 Å². The predicted molar refractivity (Wildman–Crippen MR) is 77.5 cm³/mol. The molecule has 19 heavy (non-hydrogen) atoms. The number of carbonyl (C=O) groups excluding carboxylic acids is 1. The van der Waals surface area contributed by atoms with Crippen molar-refractivity contribution in [2.24, 2.45) is 0 Å². The van der Waals surface area contributed by atoms with Gasteiger partial charge in [-0.15, -0.1) is 0 Å². The zero-order chi connectivity index (χ0) is 13.7. The van der Waals surface area contributed by atoms with E-state index >= 15 is 0 Å². The van der Waals surface area contributed by atoms with Gasteiger partial charge in [0.2, 0.25) is 0 Å². The second kappa shape index (κ2) is 6.01. The lowest BCUT2D eigenvalue weighted by Gasteiger charge is -2.03. The third-order valence-electron chi connectivity index (χ3n) is 2.89. The van der Waals surface area contributed by atoms with Crippen LogP contribution in [0.25, 0.3) is 6.08 Å². The average Bonchev–Trinajstić information content (AvgIpc) is 2.45. The summed E-state index contributed by atoms with van der Waals surface area (Å²) >= 11 is 0. The third-order valence-corrected chi connectivity index (χ3v) is 2.89. The smallest absolute Gasteiger partial charge is 0.185 e. The zero-order valence-electron chi connectivity index (χ0n) is 11.1. The normalized spacial score (nSPS) is 10.6. The van der Waals surface area contributed by atoms with Crippen LogP contribution in [-0.4, -0.2) is 12.9 Å². The molecule has 96 valence electrons. The van der Waals surface area contributed by atoms with Crippen molar-refractivity contribution < 1.29 is 9.53 Å². The Morgan fingerprint density at radius 3 is 2.42 bits per heavy atom. The summed E-state index contributed by atoms with van der Waals surface area (Å²) in [6, 6.07) is 15.1. The van der Waals surface area contributed by atoms with E-state index < -0.39 is 0 Å². The molecule has 2 rings (SSSR count). The molecule has 0 amide bonds. The topological polar surface area (TPSA) is 26.3 Å². The molecule has 2 aromatic rings. The van der Waals surface area contributed by atoms with Crippen LogP contribution in [0.4, 0.5) is 0 Å². The summed E-state index contributed by atoms with van der Waals surface area (Å²) in [6.45, 7) is 2.00. The van der Waals surface area contributed by atoms with Gasteiger partial charge in [0.1, 0.15) is 5.75 Å². The number of hydrogen-bond donors (Lipinski definition) is 0. The Balaban J connectivity index is 2.18. The Kier molecular flexibility index (Phi) is 4.14. The van der Waals surface area contributed by atoms with Crippen molar-refractivity contribution in [3.8, 4) is 5.75 Å². The molecule has 0 aliphatic carbocycles. The Hall–Kier alpha value is -2.35. The first-order valence-electron chi connectivity index (χ1n) is 6.13. The van der Waals surface area contributed by atoms with Crippen LogP contribution >= 0.6 is 0 Å². The van der Waals surface area contributed by atoms with E-state index in [-0.39, 0.29) is 5.78 Å². The van der Waals surface area contributed by atoms with E-state index in [0.29, 0.717) is 5.56 Å². The monoisotopic (exact) mass is 252 g/mol. The second-order valence-electron chi connectivity index (χ2n) is 4.31. The molecule has 0 unspecified atom stereocenters. The van der Waals surface area contributed by atoms with Crippen molar-refractivity contribution in [1.82, 2.24) is 0 Å². The number of hydrogen-bond acceptors (Lipinski definition) is 2. The molecule has 2 nitrogen and oxygen atoms in total. The minimum atomic E-state index is -0.00842. The number of benzene rings is 2. The van der Waals surface area contributed by atoms with Gasteiger partial charge in [0.15, 0.2) is 5.78 Å². The number of para-hydroxylation sites is 1. The summed E-state index contributed by atoms with van der Waals surface area (Å²) in [5, 5.41) is 0. The Bertz CT molecular complexity index is 595. The van der Waals surface area contributed by atoms with Crippen LogP contribution in [0.1, 0.15) is 21.5 Å². The summed E-state index contributed by atoms with van der Waals surface area (Å²) in [6.07, 6.45) is 3.35. The minimum absolute atomic E-state index is 0.00842. The number of carbonyl (C=O) groups is 1. The molecule has 0 bridgehead atoms. The fourth-order valence-corrected chi connectivity index (χ4v) is 1.78. The lowest BCUT2D eigenvalue weighted by molar-refractivity contribution is 0.104. The maximum absolute atomic E-state index is 12.0. The van der Waals surface area contributed by atoms with Crippen LogP contribution in [0.2, 0.25) is 0 Å². The molecule has 2 heteroatoms. The number of aryl methyl sites for hydroxylation is 1. The van der Waals surface area contributed by atoms with Crippen molar-refractivity contribution in [3.63, 3.8) is 0 Å². The summed E-state index contributed by atoms with van der Waals surface area (Å²) in [7, 11) is 1.62. The van der Waals surface area contributed by atoms with Gasteiger partial charge in [-0.2, -0.15) is 0 Å². The number of rotatable bonds is 4. The van der Waals surface area contributed by atoms with Crippen molar-refractivity contribution in [2.75, 3.05) is 7.11 Å². The Labute approximate surface area is 113 Å². The highest BCUT2D eigenvalue weighted by molar-refractivity contribution is 6.06. The number of allylic oxidation sites excluding steroid dienone is 1. The number of ether oxygens (including phenoxy) is 1. The molecule has 0 aliphatic rings. The molecule has 0 N–H and O–H groups in total. The molecule has 0 heterocycles. The van der Waals surface area contributed by atoms with Gasteiger partial charge in [-0.1, -0.05) is 48.0 Å². The van der Waals surface area contributed by atoms with Crippen LogP contribution in [-0.2, 0) is 0 Å². The van der Waals surface area contributed by atoms with Crippen molar-refractivity contribution >= 4 is 11.9 Å². The fourth-order valence-electron chi connectivity index (χ4n) is 1.78. The number of ketones is 1. The zero-order valence-corrected chi connectivity index (χ0v) is 11.1. The lowest BCUT2D eigenvalue weighted by atomic mass is 10.1. The van der Waals surface area contributed by atoms with Gasteiger partial charge in [0.25, 0.3) is 0 Å². The second-order valence-corrected chi connectivity index (χ2v) is 4.31. The summed E-state index contributed by atoms with van der Waals surface area (Å²) in [4.78, 5) is 12.0. The van der Waals surface area contributed by atoms with E-state index in [1.165, 1.54) is 0 Å². The van der Waals surface area contributed by atoms with Crippen LogP contribution < -0.4 is 4.74 Å². The van der Waals surface area contributed by atoms with Gasteiger partial charge in [0.05, 0.1) is 7.11 Å². The summed E-state index contributed by atoms with van der Waals surface area (Å²) in [5.74, 6) is 0.751. The summed E-state index contributed by atoms with van der Waals surface area (Å²) < 4.78 is 5.24. The SMILES string of the molecule is COc1ccccc1/C=C/C(=O)c1ccc(C)cc1. The molecule has 0 saturated carbocycles. The Morgan fingerprint density at radius 2 is 1.74 bits per heavy atom.